The highest BCUT2D eigenvalue weighted by Crippen LogP contribution is 2.41. The van der Waals surface area contributed by atoms with Crippen LogP contribution in [0.4, 0.5) is 0 Å². The fraction of sp³-hybridized carbons (Fsp3) is 0.438. The van der Waals surface area contributed by atoms with E-state index in [1.807, 2.05) is 23.5 Å². The number of nitrogens with zero attached hydrogens (tertiary/aromatic N) is 1. The summed E-state index contributed by atoms with van der Waals surface area (Å²) < 4.78 is 6.06. The molecule has 3 nitrogen and oxygen atoms in total. The molecule has 0 spiro atoms. The van der Waals surface area contributed by atoms with Crippen LogP contribution in [0.3, 0.4) is 0 Å². The first-order chi connectivity index (χ1) is 9.85. The third kappa shape index (κ3) is 1.95. The standard InChI is InChI=1S/C16H18N2OS/c17-9-11-5-3-7-14-15(11)18-16(20-14)13-8-10-4-1-2-6-12(10)19-13/h1-2,4,6,11,13H,3,5,7-9,17H2. The van der Waals surface area contributed by atoms with Crippen LogP contribution in [-0.4, -0.2) is 11.5 Å². The Morgan fingerprint density at radius 2 is 2.25 bits per heavy atom. The maximum Gasteiger partial charge on any atom is 0.154 e. The minimum Gasteiger partial charge on any atom is -0.483 e. The molecular weight excluding hydrogens is 268 g/mol. The number of nitrogens with two attached hydrogens (primary N) is 1. The first-order valence-corrected chi connectivity index (χ1v) is 8.11. The molecular formula is C16H18N2OS. The van der Waals surface area contributed by atoms with Crippen LogP contribution in [0.1, 0.15) is 46.0 Å². The molecule has 4 heteroatoms. The number of para-hydroxylation sites is 1. The molecule has 0 amide bonds. The van der Waals surface area contributed by atoms with Crippen LogP contribution in [0.25, 0.3) is 0 Å². The van der Waals surface area contributed by atoms with Crippen molar-refractivity contribution in [1.82, 2.24) is 4.98 Å². The Morgan fingerprint density at radius 1 is 1.35 bits per heavy atom. The van der Waals surface area contributed by atoms with E-state index in [0.29, 0.717) is 12.5 Å². The number of aryl methyl sites for hydroxylation is 1. The fourth-order valence-corrected chi connectivity index (χ4v) is 4.44. The van der Waals surface area contributed by atoms with Crippen molar-refractivity contribution in [3.63, 3.8) is 0 Å². The lowest BCUT2D eigenvalue weighted by molar-refractivity contribution is 0.237. The molecule has 4 rings (SSSR count). The zero-order chi connectivity index (χ0) is 13.5. The Labute approximate surface area is 122 Å². The Hall–Kier alpha value is -1.39. The number of hydrogen-bond acceptors (Lipinski definition) is 4. The van der Waals surface area contributed by atoms with Crippen molar-refractivity contribution in [3.05, 3.63) is 45.4 Å². The highest BCUT2D eigenvalue weighted by Gasteiger charge is 2.30. The van der Waals surface area contributed by atoms with Crippen molar-refractivity contribution >= 4 is 11.3 Å². The topological polar surface area (TPSA) is 48.1 Å². The van der Waals surface area contributed by atoms with E-state index < -0.39 is 0 Å². The van der Waals surface area contributed by atoms with E-state index in [4.69, 9.17) is 15.5 Å². The zero-order valence-electron chi connectivity index (χ0n) is 11.3. The van der Waals surface area contributed by atoms with Gasteiger partial charge in [-0.1, -0.05) is 18.2 Å². The molecule has 2 aromatic rings. The van der Waals surface area contributed by atoms with Crippen LogP contribution in [0.5, 0.6) is 5.75 Å². The van der Waals surface area contributed by atoms with Gasteiger partial charge in [-0.2, -0.15) is 0 Å². The molecule has 0 saturated heterocycles. The van der Waals surface area contributed by atoms with Crippen LogP contribution in [-0.2, 0) is 12.8 Å². The Kier molecular flexibility index (Phi) is 3.00. The highest BCUT2D eigenvalue weighted by atomic mass is 32.1. The average Bonchev–Trinajstić information content (AvgIpc) is 3.09. The van der Waals surface area contributed by atoms with Gasteiger partial charge < -0.3 is 10.5 Å². The normalized spacial score (nSPS) is 24.1. The molecule has 0 saturated carbocycles. The fourth-order valence-electron chi connectivity index (χ4n) is 3.21. The Bertz CT molecular complexity index is 612. The summed E-state index contributed by atoms with van der Waals surface area (Å²) in [7, 11) is 0. The van der Waals surface area contributed by atoms with Gasteiger partial charge >= 0.3 is 0 Å². The number of rotatable bonds is 2. The molecule has 2 unspecified atom stereocenters. The predicted octanol–water partition coefficient (Wildman–Crippen LogP) is 3.20. The summed E-state index contributed by atoms with van der Waals surface area (Å²) in [6.45, 7) is 0.710. The Morgan fingerprint density at radius 3 is 3.10 bits per heavy atom. The van der Waals surface area contributed by atoms with E-state index in [0.717, 1.165) is 23.6 Å². The third-order valence-electron chi connectivity index (χ3n) is 4.29. The number of benzene rings is 1. The van der Waals surface area contributed by atoms with E-state index in [-0.39, 0.29) is 6.10 Å². The van der Waals surface area contributed by atoms with Crippen molar-refractivity contribution in [2.45, 2.75) is 37.7 Å². The number of thiazole rings is 1. The quantitative estimate of drug-likeness (QED) is 0.922. The first kappa shape index (κ1) is 12.4. The molecule has 1 aromatic heterocycles. The van der Waals surface area contributed by atoms with Crippen LogP contribution in [0.15, 0.2) is 24.3 Å². The average molecular weight is 286 g/mol. The summed E-state index contributed by atoms with van der Waals surface area (Å²) in [5.74, 6) is 1.47. The summed E-state index contributed by atoms with van der Waals surface area (Å²) >= 11 is 1.83. The van der Waals surface area contributed by atoms with Crippen molar-refractivity contribution in [1.29, 1.82) is 0 Å². The molecule has 2 atom stereocenters. The maximum atomic E-state index is 6.06. The molecule has 0 bridgehead atoms. The van der Waals surface area contributed by atoms with Gasteiger partial charge in [0.05, 0.1) is 5.69 Å². The lowest BCUT2D eigenvalue weighted by Crippen LogP contribution is -2.17. The van der Waals surface area contributed by atoms with Gasteiger partial charge in [-0.05, 0) is 30.9 Å². The minimum atomic E-state index is 0.0985. The molecule has 0 radical (unpaired) electrons. The van der Waals surface area contributed by atoms with Gasteiger partial charge in [-0.15, -0.1) is 11.3 Å². The molecule has 20 heavy (non-hydrogen) atoms. The Balaban J connectivity index is 1.64. The summed E-state index contributed by atoms with van der Waals surface area (Å²) in [6, 6.07) is 8.29. The van der Waals surface area contributed by atoms with Crippen molar-refractivity contribution in [2.75, 3.05) is 6.54 Å². The second-order valence-corrected chi connectivity index (χ2v) is 6.72. The van der Waals surface area contributed by atoms with Crippen molar-refractivity contribution in [3.8, 4) is 5.75 Å². The predicted molar refractivity (Wildman–Crippen MR) is 80.4 cm³/mol. The second-order valence-electron chi connectivity index (χ2n) is 5.60. The number of ether oxygens (including phenoxy) is 1. The summed E-state index contributed by atoms with van der Waals surface area (Å²) in [5.41, 5.74) is 8.42. The summed E-state index contributed by atoms with van der Waals surface area (Å²) in [4.78, 5) is 6.31. The summed E-state index contributed by atoms with van der Waals surface area (Å²) in [6.07, 6.45) is 4.61. The van der Waals surface area contributed by atoms with Gasteiger partial charge in [0.25, 0.3) is 0 Å². The lowest BCUT2D eigenvalue weighted by Gasteiger charge is -2.18. The molecule has 1 aliphatic heterocycles. The molecule has 1 aromatic carbocycles. The molecule has 2 aliphatic rings. The van der Waals surface area contributed by atoms with Crippen molar-refractivity contribution in [2.24, 2.45) is 5.73 Å². The van der Waals surface area contributed by atoms with Crippen LogP contribution >= 0.6 is 11.3 Å². The van der Waals surface area contributed by atoms with Gasteiger partial charge in [0, 0.05) is 23.8 Å². The number of hydrogen-bond donors (Lipinski definition) is 1. The molecule has 2 N–H and O–H groups in total. The largest absolute Gasteiger partial charge is 0.483 e. The molecule has 1 aliphatic carbocycles. The number of fused-ring (bicyclic) bond motifs is 2. The molecule has 104 valence electrons. The minimum absolute atomic E-state index is 0.0985. The van der Waals surface area contributed by atoms with E-state index in [1.165, 1.54) is 29.0 Å². The van der Waals surface area contributed by atoms with Crippen LogP contribution < -0.4 is 10.5 Å². The third-order valence-corrected chi connectivity index (χ3v) is 5.52. The zero-order valence-corrected chi connectivity index (χ0v) is 12.2. The van der Waals surface area contributed by atoms with Gasteiger partial charge in [0.1, 0.15) is 10.8 Å². The first-order valence-electron chi connectivity index (χ1n) is 7.29. The van der Waals surface area contributed by atoms with E-state index in [9.17, 15) is 0 Å². The maximum absolute atomic E-state index is 6.06. The summed E-state index contributed by atoms with van der Waals surface area (Å²) in [5, 5.41) is 1.13. The highest BCUT2D eigenvalue weighted by molar-refractivity contribution is 7.11. The lowest BCUT2D eigenvalue weighted by atomic mass is 9.91. The van der Waals surface area contributed by atoms with Gasteiger partial charge in [0.15, 0.2) is 6.10 Å². The van der Waals surface area contributed by atoms with Gasteiger partial charge in [0.2, 0.25) is 0 Å². The molecule has 2 heterocycles. The van der Waals surface area contributed by atoms with E-state index in [2.05, 4.69) is 12.1 Å². The SMILES string of the molecule is NCC1CCCc2sc(C3Cc4ccccc4O3)nc21. The smallest absolute Gasteiger partial charge is 0.154 e. The van der Waals surface area contributed by atoms with E-state index in [1.54, 1.807) is 0 Å². The van der Waals surface area contributed by atoms with Gasteiger partial charge in [-0.25, -0.2) is 4.98 Å². The monoisotopic (exact) mass is 286 g/mol. The van der Waals surface area contributed by atoms with Crippen molar-refractivity contribution < 1.29 is 4.74 Å². The second kappa shape index (κ2) is 4.86. The van der Waals surface area contributed by atoms with Crippen LogP contribution in [0.2, 0.25) is 0 Å². The van der Waals surface area contributed by atoms with E-state index >= 15 is 0 Å². The molecule has 0 fully saturated rings. The number of aromatic nitrogens is 1. The van der Waals surface area contributed by atoms with Crippen LogP contribution in [0, 0.1) is 0 Å². The van der Waals surface area contributed by atoms with Gasteiger partial charge in [-0.3, -0.25) is 0 Å².